The van der Waals surface area contributed by atoms with Crippen LogP contribution in [0.25, 0.3) is 0 Å². The zero-order valence-corrected chi connectivity index (χ0v) is 12.6. The maximum absolute atomic E-state index is 12.1. The van der Waals surface area contributed by atoms with E-state index in [0.29, 0.717) is 42.5 Å². The number of benzene rings is 1. The molecule has 20 heavy (non-hydrogen) atoms. The van der Waals surface area contributed by atoms with Crippen LogP contribution in [-0.4, -0.2) is 38.8 Å². The summed E-state index contributed by atoms with van der Waals surface area (Å²) in [5.41, 5.74) is 6.06. The Hall–Kier alpha value is -1.30. The van der Waals surface area contributed by atoms with Gasteiger partial charge in [-0.25, -0.2) is 0 Å². The van der Waals surface area contributed by atoms with Gasteiger partial charge in [-0.3, -0.25) is 4.79 Å². The van der Waals surface area contributed by atoms with Crippen LogP contribution < -0.4 is 15.8 Å². The van der Waals surface area contributed by atoms with Crippen molar-refractivity contribution in [1.29, 1.82) is 0 Å². The van der Waals surface area contributed by atoms with E-state index in [1.54, 1.807) is 25.3 Å². The molecule has 5 nitrogen and oxygen atoms in total. The molecule has 6 heteroatoms. The fourth-order valence-electron chi connectivity index (χ4n) is 1.55. The molecule has 0 heterocycles. The van der Waals surface area contributed by atoms with Crippen LogP contribution in [0.15, 0.2) is 18.2 Å². The highest BCUT2D eigenvalue weighted by molar-refractivity contribution is 6.31. The first-order chi connectivity index (χ1) is 9.54. The van der Waals surface area contributed by atoms with Crippen LogP contribution in [0.4, 0.5) is 0 Å². The first-order valence-electron chi connectivity index (χ1n) is 6.49. The molecule has 0 aliphatic heterocycles. The zero-order valence-electron chi connectivity index (χ0n) is 11.8. The molecule has 1 amide bonds. The summed E-state index contributed by atoms with van der Waals surface area (Å²) in [6.07, 6.45) is 0.714. The topological polar surface area (TPSA) is 73.6 Å². The van der Waals surface area contributed by atoms with Gasteiger partial charge in [0.1, 0.15) is 12.4 Å². The van der Waals surface area contributed by atoms with Gasteiger partial charge in [0.2, 0.25) is 0 Å². The Bertz CT molecular complexity index is 438. The summed E-state index contributed by atoms with van der Waals surface area (Å²) in [4.78, 5) is 12.1. The lowest BCUT2D eigenvalue weighted by atomic mass is 10.1. The second-order valence-electron chi connectivity index (χ2n) is 4.50. The van der Waals surface area contributed by atoms with Crippen molar-refractivity contribution < 1.29 is 14.3 Å². The summed E-state index contributed by atoms with van der Waals surface area (Å²) in [5, 5.41) is 3.29. The highest BCUT2D eigenvalue weighted by Gasteiger charge is 2.13. The molecule has 0 aliphatic carbocycles. The molecule has 0 spiro atoms. The fourth-order valence-corrected chi connectivity index (χ4v) is 1.72. The monoisotopic (exact) mass is 300 g/mol. The lowest BCUT2D eigenvalue weighted by Gasteiger charge is -2.12. The van der Waals surface area contributed by atoms with Gasteiger partial charge in [0, 0.05) is 24.7 Å². The summed E-state index contributed by atoms with van der Waals surface area (Å²) in [7, 11) is 1.59. The SMILES string of the molecule is COCCOc1ccc(Cl)cc1C(=O)NCCC(C)N. The highest BCUT2D eigenvalue weighted by atomic mass is 35.5. The molecule has 1 unspecified atom stereocenters. The Morgan fingerprint density at radius 2 is 2.20 bits per heavy atom. The zero-order chi connectivity index (χ0) is 15.0. The Morgan fingerprint density at radius 3 is 2.85 bits per heavy atom. The number of hydrogen-bond donors (Lipinski definition) is 2. The molecule has 0 saturated carbocycles. The first kappa shape index (κ1) is 16.8. The molecule has 0 saturated heterocycles. The van der Waals surface area contributed by atoms with E-state index in [2.05, 4.69) is 5.32 Å². The van der Waals surface area contributed by atoms with Crippen molar-refractivity contribution in [3.8, 4) is 5.75 Å². The Morgan fingerprint density at radius 1 is 1.45 bits per heavy atom. The maximum Gasteiger partial charge on any atom is 0.255 e. The van der Waals surface area contributed by atoms with E-state index in [4.69, 9.17) is 26.8 Å². The van der Waals surface area contributed by atoms with Crippen molar-refractivity contribution in [3.05, 3.63) is 28.8 Å². The molecule has 1 aromatic carbocycles. The van der Waals surface area contributed by atoms with E-state index < -0.39 is 0 Å². The van der Waals surface area contributed by atoms with Crippen LogP contribution in [0, 0.1) is 0 Å². The van der Waals surface area contributed by atoms with Gasteiger partial charge in [0.05, 0.1) is 12.2 Å². The van der Waals surface area contributed by atoms with Gasteiger partial charge in [-0.2, -0.15) is 0 Å². The fraction of sp³-hybridized carbons (Fsp3) is 0.500. The van der Waals surface area contributed by atoms with Gasteiger partial charge in [0.25, 0.3) is 5.91 Å². The third-order valence-corrected chi connectivity index (χ3v) is 2.85. The molecule has 0 aromatic heterocycles. The Kier molecular flexibility index (Phi) is 7.36. The number of halogens is 1. The minimum absolute atomic E-state index is 0.0482. The molecule has 0 bridgehead atoms. The molecular weight excluding hydrogens is 280 g/mol. The molecule has 3 N–H and O–H groups in total. The minimum Gasteiger partial charge on any atom is -0.490 e. The summed E-state index contributed by atoms with van der Waals surface area (Å²) >= 11 is 5.93. The highest BCUT2D eigenvalue weighted by Crippen LogP contribution is 2.22. The van der Waals surface area contributed by atoms with Crippen molar-refractivity contribution >= 4 is 17.5 Å². The van der Waals surface area contributed by atoms with Gasteiger partial charge in [-0.05, 0) is 31.5 Å². The summed E-state index contributed by atoms with van der Waals surface area (Å²) < 4.78 is 10.4. The van der Waals surface area contributed by atoms with Crippen molar-refractivity contribution in [1.82, 2.24) is 5.32 Å². The van der Waals surface area contributed by atoms with Crippen LogP contribution >= 0.6 is 11.6 Å². The number of amides is 1. The van der Waals surface area contributed by atoms with Crippen LogP contribution in [0.3, 0.4) is 0 Å². The van der Waals surface area contributed by atoms with E-state index in [1.165, 1.54) is 0 Å². The number of nitrogens with two attached hydrogens (primary N) is 1. The predicted molar refractivity (Wildman–Crippen MR) is 79.4 cm³/mol. The molecule has 0 aliphatic rings. The number of rotatable bonds is 8. The van der Waals surface area contributed by atoms with Gasteiger partial charge in [0.15, 0.2) is 0 Å². The van der Waals surface area contributed by atoms with Gasteiger partial charge in [-0.15, -0.1) is 0 Å². The van der Waals surface area contributed by atoms with Crippen LogP contribution in [0.1, 0.15) is 23.7 Å². The second kappa shape index (κ2) is 8.79. The molecule has 112 valence electrons. The van der Waals surface area contributed by atoms with Gasteiger partial charge in [-0.1, -0.05) is 11.6 Å². The number of ether oxygens (including phenoxy) is 2. The summed E-state index contributed by atoms with van der Waals surface area (Å²) in [6.45, 7) is 3.23. The van der Waals surface area contributed by atoms with E-state index in [0.717, 1.165) is 0 Å². The number of carbonyl (C=O) groups excluding carboxylic acids is 1. The molecule has 0 radical (unpaired) electrons. The second-order valence-corrected chi connectivity index (χ2v) is 4.94. The molecule has 1 aromatic rings. The van der Waals surface area contributed by atoms with Crippen LogP contribution in [-0.2, 0) is 4.74 Å². The van der Waals surface area contributed by atoms with Crippen molar-refractivity contribution in [2.24, 2.45) is 5.73 Å². The smallest absolute Gasteiger partial charge is 0.255 e. The normalized spacial score (nSPS) is 12.0. The quantitative estimate of drug-likeness (QED) is 0.718. The predicted octanol–water partition coefficient (Wildman–Crippen LogP) is 1.83. The first-order valence-corrected chi connectivity index (χ1v) is 6.87. The third kappa shape index (κ3) is 5.77. The lowest BCUT2D eigenvalue weighted by molar-refractivity contribution is 0.0945. The van der Waals surface area contributed by atoms with Crippen molar-refractivity contribution in [3.63, 3.8) is 0 Å². The minimum atomic E-state index is -0.222. The summed E-state index contributed by atoms with van der Waals surface area (Å²) in [5.74, 6) is 0.269. The Balaban J connectivity index is 2.69. The van der Waals surface area contributed by atoms with Gasteiger partial charge >= 0.3 is 0 Å². The largest absolute Gasteiger partial charge is 0.490 e. The number of nitrogens with one attached hydrogen (secondary N) is 1. The van der Waals surface area contributed by atoms with Crippen LogP contribution in [0.5, 0.6) is 5.75 Å². The standard InChI is InChI=1S/C14H21ClN2O3/c1-10(16)5-6-17-14(18)12-9-11(15)3-4-13(12)20-8-7-19-2/h3-4,9-10H,5-8,16H2,1-2H3,(H,17,18). The maximum atomic E-state index is 12.1. The number of carbonyl (C=O) groups is 1. The lowest BCUT2D eigenvalue weighted by Crippen LogP contribution is -2.29. The molecule has 1 atom stereocenters. The third-order valence-electron chi connectivity index (χ3n) is 2.62. The van der Waals surface area contributed by atoms with E-state index >= 15 is 0 Å². The molecule has 0 fully saturated rings. The van der Waals surface area contributed by atoms with E-state index in [-0.39, 0.29) is 11.9 Å². The van der Waals surface area contributed by atoms with Crippen LogP contribution in [0.2, 0.25) is 5.02 Å². The van der Waals surface area contributed by atoms with Gasteiger partial charge < -0.3 is 20.5 Å². The Labute approximate surface area is 124 Å². The number of methoxy groups -OCH3 is 1. The summed E-state index contributed by atoms with van der Waals surface area (Å²) in [6, 6.07) is 5.00. The van der Waals surface area contributed by atoms with E-state index in [1.807, 2.05) is 6.92 Å². The van der Waals surface area contributed by atoms with Crippen molar-refractivity contribution in [2.45, 2.75) is 19.4 Å². The van der Waals surface area contributed by atoms with Crippen molar-refractivity contribution in [2.75, 3.05) is 26.9 Å². The number of hydrogen-bond acceptors (Lipinski definition) is 4. The molecule has 1 rings (SSSR count). The van der Waals surface area contributed by atoms with E-state index in [9.17, 15) is 4.79 Å². The average molecular weight is 301 g/mol. The average Bonchev–Trinajstić information content (AvgIpc) is 2.40. The molecular formula is C14H21ClN2O3.